The Bertz CT molecular complexity index is 970. The highest BCUT2D eigenvalue weighted by atomic mass is 16.6. The molecule has 1 N–H and O–H groups in total. The molecular weight excluding hydrogens is 346 g/mol. The molecule has 0 saturated carbocycles. The molecule has 134 valence electrons. The summed E-state index contributed by atoms with van der Waals surface area (Å²) in [7, 11) is 0. The van der Waals surface area contributed by atoms with Gasteiger partial charge >= 0.3 is 0 Å². The summed E-state index contributed by atoms with van der Waals surface area (Å²) in [6.45, 7) is 0. The van der Waals surface area contributed by atoms with Gasteiger partial charge in [0.2, 0.25) is 0 Å². The second-order valence-corrected chi connectivity index (χ2v) is 5.49. The number of carbonyl (C=O) groups excluding carboxylic acids is 1. The molecule has 3 aromatic carbocycles. The normalized spacial score (nSPS) is 10.5. The Balaban J connectivity index is 1.58. The Morgan fingerprint density at radius 1 is 0.963 bits per heavy atom. The lowest BCUT2D eigenvalue weighted by Gasteiger charge is -2.05. The van der Waals surface area contributed by atoms with Crippen LogP contribution >= 0.6 is 0 Å². The third-order valence-corrected chi connectivity index (χ3v) is 3.56. The van der Waals surface area contributed by atoms with Crippen LogP contribution in [0.5, 0.6) is 11.5 Å². The lowest BCUT2D eigenvalue weighted by Crippen LogP contribution is -2.17. The van der Waals surface area contributed by atoms with Gasteiger partial charge in [0.05, 0.1) is 11.1 Å². The van der Waals surface area contributed by atoms with Gasteiger partial charge in [-0.1, -0.05) is 24.3 Å². The van der Waals surface area contributed by atoms with E-state index in [2.05, 4.69) is 10.5 Å². The molecular formula is C20H15N3O4. The monoisotopic (exact) mass is 361 g/mol. The second kappa shape index (κ2) is 8.39. The van der Waals surface area contributed by atoms with Crippen molar-refractivity contribution >= 4 is 17.8 Å². The van der Waals surface area contributed by atoms with Crippen LogP contribution in [0.25, 0.3) is 0 Å². The van der Waals surface area contributed by atoms with Gasteiger partial charge in [0.15, 0.2) is 0 Å². The van der Waals surface area contributed by atoms with Crippen LogP contribution in [-0.4, -0.2) is 17.0 Å². The summed E-state index contributed by atoms with van der Waals surface area (Å²) < 4.78 is 5.70. The van der Waals surface area contributed by atoms with Crippen molar-refractivity contribution in [2.45, 2.75) is 0 Å². The Morgan fingerprint density at radius 3 is 2.37 bits per heavy atom. The molecule has 0 atom stereocenters. The number of nitro benzene ring substituents is 1. The number of amides is 1. The Kier molecular flexibility index (Phi) is 5.54. The molecule has 3 aromatic rings. The van der Waals surface area contributed by atoms with Crippen LogP contribution in [0.1, 0.15) is 15.9 Å². The van der Waals surface area contributed by atoms with Crippen molar-refractivity contribution in [3.63, 3.8) is 0 Å². The van der Waals surface area contributed by atoms with E-state index in [0.717, 1.165) is 11.3 Å². The molecule has 0 saturated heterocycles. The smallest absolute Gasteiger partial charge is 0.271 e. The number of nitrogens with zero attached hydrogens (tertiary/aromatic N) is 2. The fourth-order valence-electron chi connectivity index (χ4n) is 2.24. The van der Waals surface area contributed by atoms with E-state index in [1.165, 1.54) is 30.5 Å². The third kappa shape index (κ3) is 4.99. The third-order valence-electron chi connectivity index (χ3n) is 3.56. The van der Waals surface area contributed by atoms with Gasteiger partial charge in [0.25, 0.3) is 11.6 Å². The summed E-state index contributed by atoms with van der Waals surface area (Å²) in [5.74, 6) is 0.890. The number of hydrazone groups is 1. The van der Waals surface area contributed by atoms with E-state index in [-0.39, 0.29) is 11.3 Å². The van der Waals surface area contributed by atoms with E-state index < -0.39 is 10.8 Å². The van der Waals surface area contributed by atoms with Crippen molar-refractivity contribution in [1.29, 1.82) is 0 Å². The lowest BCUT2D eigenvalue weighted by molar-refractivity contribution is -0.384. The van der Waals surface area contributed by atoms with Crippen LogP contribution in [0, 0.1) is 10.1 Å². The molecule has 0 fully saturated rings. The number of non-ortho nitro benzene ring substituents is 1. The minimum atomic E-state index is -0.556. The number of nitro groups is 1. The average molecular weight is 361 g/mol. The number of rotatable bonds is 6. The quantitative estimate of drug-likeness (QED) is 0.405. The van der Waals surface area contributed by atoms with Crippen LogP contribution < -0.4 is 10.2 Å². The molecule has 0 heterocycles. The first kappa shape index (κ1) is 17.8. The Labute approximate surface area is 155 Å². The summed E-state index contributed by atoms with van der Waals surface area (Å²) >= 11 is 0. The molecule has 0 spiro atoms. The van der Waals surface area contributed by atoms with Crippen molar-refractivity contribution in [2.75, 3.05) is 0 Å². The first-order chi connectivity index (χ1) is 13.1. The number of carbonyl (C=O) groups is 1. The summed E-state index contributed by atoms with van der Waals surface area (Å²) in [6, 6.07) is 22.0. The Morgan fingerprint density at radius 2 is 1.67 bits per heavy atom. The lowest BCUT2D eigenvalue weighted by atomic mass is 10.2. The van der Waals surface area contributed by atoms with Gasteiger partial charge in [-0.3, -0.25) is 14.9 Å². The largest absolute Gasteiger partial charge is 0.457 e. The van der Waals surface area contributed by atoms with E-state index in [1.54, 1.807) is 24.3 Å². The topological polar surface area (TPSA) is 93.8 Å². The molecule has 0 aliphatic carbocycles. The number of ether oxygens (including phenoxy) is 1. The van der Waals surface area contributed by atoms with E-state index in [1.807, 2.05) is 30.3 Å². The van der Waals surface area contributed by atoms with Gasteiger partial charge in [-0.15, -0.1) is 0 Å². The number of hydrogen-bond donors (Lipinski definition) is 1. The van der Waals surface area contributed by atoms with Gasteiger partial charge in [-0.2, -0.15) is 5.10 Å². The molecule has 27 heavy (non-hydrogen) atoms. The zero-order chi connectivity index (χ0) is 19.1. The van der Waals surface area contributed by atoms with Crippen molar-refractivity contribution in [3.05, 3.63) is 100 Å². The van der Waals surface area contributed by atoms with Crippen molar-refractivity contribution in [2.24, 2.45) is 5.10 Å². The SMILES string of the molecule is O=C(NN=Cc1ccc(Oc2ccccc2)cc1)c1cccc([N+](=O)[O-])c1. The van der Waals surface area contributed by atoms with Crippen molar-refractivity contribution < 1.29 is 14.5 Å². The summed E-state index contributed by atoms with van der Waals surface area (Å²) in [6.07, 6.45) is 1.47. The zero-order valence-corrected chi connectivity index (χ0v) is 14.1. The van der Waals surface area contributed by atoms with E-state index in [4.69, 9.17) is 4.74 Å². The van der Waals surface area contributed by atoms with Crippen molar-refractivity contribution in [1.82, 2.24) is 5.43 Å². The molecule has 7 nitrogen and oxygen atoms in total. The first-order valence-corrected chi connectivity index (χ1v) is 8.03. The number of benzene rings is 3. The van der Waals surface area contributed by atoms with E-state index in [9.17, 15) is 14.9 Å². The van der Waals surface area contributed by atoms with Crippen LogP contribution in [0.4, 0.5) is 5.69 Å². The highest BCUT2D eigenvalue weighted by Crippen LogP contribution is 2.20. The molecule has 0 aliphatic heterocycles. The van der Waals surface area contributed by atoms with Gasteiger partial charge in [-0.05, 0) is 48.0 Å². The standard InChI is InChI=1S/C20H15N3O4/c24-20(16-5-4-6-17(13-16)23(25)26)22-21-14-15-9-11-19(12-10-15)27-18-7-2-1-3-8-18/h1-14H,(H,22,24). The molecule has 1 amide bonds. The van der Waals surface area contributed by atoms with Crippen molar-refractivity contribution in [3.8, 4) is 11.5 Å². The van der Waals surface area contributed by atoms with Gasteiger partial charge in [-0.25, -0.2) is 5.43 Å². The molecule has 0 aromatic heterocycles. The number of para-hydroxylation sites is 1. The van der Waals surface area contributed by atoms with Crippen LogP contribution in [0.2, 0.25) is 0 Å². The van der Waals surface area contributed by atoms with Crippen LogP contribution in [0.3, 0.4) is 0 Å². The summed E-state index contributed by atoms with van der Waals surface area (Å²) in [5, 5.41) is 14.6. The maximum atomic E-state index is 12.0. The zero-order valence-electron chi connectivity index (χ0n) is 14.1. The van der Waals surface area contributed by atoms with Gasteiger partial charge in [0.1, 0.15) is 11.5 Å². The van der Waals surface area contributed by atoms with Crippen LogP contribution in [0.15, 0.2) is 84.0 Å². The molecule has 7 heteroatoms. The number of hydrogen-bond acceptors (Lipinski definition) is 5. The minimum absolute atomic E-state index is 0.152. The highest BCUT2D eigenvalue weighted by molar-refractivity contribution is 5.95. The fourth-order valence-corrected chi connectivity index (χ4v) is 2.24. The Hall–Kier alpha value is -4.00. The molecule has 3 rings (SSSR count). The van der Waals surface area contributed by atoms with E-state index >= 15 is 0 Å². The summed E-state index contributed by atoms with van der Waals surface area (Å²) in [5.41, 5.74) is 3.11. The molecule has 0 aliphatic rings. The highest BCUT2D eigenvalue weighted by Gasteiger charge is 2.10. The summed E-state index contributed by atoms with van der Waals surface area (Å²) in [4.78, 5) is 22.2. The predicted octanol–water partition coefficient (Wildman–Crippen LogP) is 4.15. The van der Waals surface area contributed by atoms with Gasteiger partial charge in [0, 0.05) is 17.7 Å². The average Bonchev–Trinajstić information content (AvgIpc) is 2.70. The maximum absolute atomic E-state index is 12.0. The first-order valence-electron chi connectivity index (χ1n) is 8.03. The molecule has 0 unspecified atom stereocenters. The maximum Gasteiger partial charge on any atom is 0.271 e. The minimum Gasteiger partial charge on any atom is -0.457 e. The van der Waals surface area contributed by atoms with Crippen LogP contribution in [-0.2, 0) is 0 Å². The fraction of sp³-hybridized carbons (Fsp3) is 0. The van der Waals surface area contributed by atoms with Gasteiger partial charge < -0.3 is 4.74 Å². The predicted molar refractivity (Wildman–Crippen MR) is 101 cm³/mol. The second-order valence-electron chi connectivity index (χ2n) is 5.49. The molecule has 0 radical (unpaired) electrons. The van der Waals surface area contributed by atoms with E-state index in [0.29, 0.717) is 5.75 Å². The molecule has 0 bridgehead atoms. The number of nitrogens with one attached hydrogen (secondary N) is 1.